The molecule has 0 aliphatic carbocycles. The normalized spacial score (nSPS) is 15.4. The molecule has 1 aromatic carbocycles. The van der Waals surface area contributed by atoms with Crippen molar-refractivity contribution < 1.29 is 0 Å². The number of hydrogen-bond donors (Lipinski definition) is 1. The molecule has 0 amide bonds. The molecule has 0 saturated carbocycles. The Balaban J connectivity index is 1.56. The number of rotatable bonds is 5. The lowest BCUT2D eigenvalue weighted by molar-refractivity contribution is 0.726. The molecule has 1 aromatic heterocycles. The molecule has 22 heavy (non-hydrogen) atoms. The van der Waals surface area contributed by atoms with Crippen LogP contribution in [0.15, 0.2) is 36.5 Å². The number of benzene rings is 1. The van der Waals surface area contributed by atoms with Gasteiger partial charge in [0.1, 0.15) is 0 Å². The molecule has 3 rings (SSSR count). The van der Waals surface area contributed by atoms with E-state index in [1.165, 1.54) is 31.2 Å². The summed E-state index contributed by atoms with van der Waals surface area (Å²) in [4.78, 5) is 6.93. The first-order valence-corrected chi connectivity index (χ1v) is 8.14. The van der Waals surface area contributed by atoms with Crippen molar-refractivity contribution in [2.24, 2.45) is 0 Å². The van der Waals surface area contributed by atoms with E-state index in [2.05, 4.69) is 49.7 Å². The summed E-state index contributed by atoms with van der Waals surface area (Å²) in [5, 5.41) is 11.5. The summed E-state index contributed by atoms with van der Waals surface area (Å²) in [5.41, 5.74) is 1.31. The summed E-state index contributed by atoms with van der Waals surface area (Å²) in [6.07, 6.45) is 7.84. The molecule has 5 heteroatoms. The van der Waals surface area contributed by atoms with Crippen LogP contribution in [0.3, 0.4) is 0 Å². The quantitative estimate of drug-likeness (QED) is 0.919. The Bertz CT molecular complexity index is 564. The fourth-order valence-electron chi connectivity index (χ4n) is 2.79. The van der Waals surface area contributed by atoms with Gasteiger partial charge >= 0.3 is 0 Å². The van der Waals surface area contributed by atoms with Crippen molar-refractivity contribution in [1.82, 2.24) is 15.2 Å². The van der Waals surface area contributed by atoms with Gasteiger partial charge in [-0.25, -0.2) is 0 Å². The zero-order valence-corrected chi connectivity index (χ0v) is 12.9. The lowest BCUT2D eigenvalue weighted by Gasteiger charge is -2.20. The summed E-state index contributed by atoms with van der Waals surface area (Å²) in [6.45, 7) is 2.96. The largest absolute Gasteiger partial charge is 0.355 e. The summed E-state index contributed by atoms with van der Waals surface area (Å²) < 4.78 is 0. The molecule has 0 bridgehead atoms. The van der Waals surface area contributed by atoms with E-state index < -0.39 is 0 Å². The lowest BCUT2D eigenvalue weighted by Crippen LogP contribution is -2.25. The topological polar surface area (TPSA) is 53.9 Å². The third-order valence-electron chi connectivity index (χ3n) is 4.02. The summed E-state index contributed by atoms with van der Waals surface area (Å²) >= 11 is 0. The Labute approximate surface area is 131 Å². The minimum Gasteiger partial charge on any atom is -0.355 e. The molecule has 1 saturated heterocycles. The van der Waals surface area contributed by atoms with Crippen LogP contribution in [0.2, 0.25) is 0 Å². The van der Waals surface area contributed by atoms with Gasteiger partial charge in [0.05, 0.1) is 6.20 Å². The van der Waals surface area contributed by atoms with Crippen molar-refractivity contribution in [3.8, 4) is 0 Å². The molecule has 1 N–H and O–H groups in total. The maximum Gasteiger partial charge on any atom is 0.244 e. The average Bonchev–Trinajstić information content (AvgIpc) is 2.85. The van der Waals surface area contributed by atoms with Gasteiger partial charge in [0.15, 0.2) is 5.82 Å². The molecule has 0 unspecified atom stereocenters. The van der Waals surface area contributed by atoms with E-state index in [-0.39, 0.29) is 0 Å². The van der Waals surface area contributed by atoms with Gasteiger partial charge in [-0.2, -0.15) is 10.1 Å². The van der Waals surface area contributed by atoms with Gasteiger partial charge in [0, 0.05) is 19.6 Å². The standard InChI is InChI=1S/C17H23N5/c1-2-7-13-22(12-6-1)16-14-19-21-17(20-16)18-11-10-15-8-4-3-5-9-15/h3-5,8-9,14H,1-2,6-7,10-13H2,(H,18,20,21). The second kappa shape index (κ2) is 7.73. The predicted octanol–water partition coefficient (Wildman–Crippen LogP) is 2.91. The third-order valence-corrected chi connectivity index (χ3v) is 4.02. The third kappa shape index (κ3) is 4.16. The van der Waals surface area contributed by atoms with Gasteiger partial charge in [-0.3, -0.25) is 0 Å². The van der Waals surface area contributed by atoms with Crippen LogP contribution in [0.4, 0.5) is 11.8 Å². The van der Waals surface area contributed by atoms with E-state index in [4.69, 9.17) is 0 Å². The van der Waals surface area contributed by atoms with E-state index in [0.717, 1.165) is 31.9 Å². The Morgan fingerprint density at radius 3 is 2.55 bits per heavy atom. The van der Waals surface area contributed by atoms with Crippen LogP contribution in [0.1, 0.15) is 31.2 Å². The van der Waals surface area contributed by atoms with Crippen LogP contribution in [0.25, 0.3) is 0 Å². The van der Waals surface area contributed by atoms with Crippen molar-refractivity contribution in [3.05, 3.63) is 42.1 Å². The van der Waals surface area contributed by atoms with Crippen LogP contribution < -0.4 is 10.2 Å². The maximum absolute atomic E-state index is 4.61. The first kappa shape index (κ1) is 14.8. The monoisotopic (exact) mass is 297 g/mol. The Kier molecular flexibility index (Phi) is 5.18. The van der Waals surface area contributed by atoms with Crippen LogP contribution in [0, 0.1) is 0 Å². The highest BCUT2D eigenvalue weighted by atomic mass is 15.3. The molecule has 2 heterocycles. The van der Waals surface area contributed by atoms with Crippen molar-refractivity contribution >= 4 is 11.8 Å². The van der Waals surface area contributed by atoms with E-state index in [1.807, 2.05) is 6.07 Å². The van der Waals surface area contributed by atoms with Gasteiger partial charge in [0.25, 0.3) is 0 Å². The predicted molar refractivity (Wildman–Crippen MR) is 89.1 cm³/mol. The fraction of sp³-hybridized carbons (Fsp3) is 0.471. The average molecular weight is 297 g/mol. The van der Waals surface area contributed by atoms with Crippen LogP contribution in [-0.4, -0.2) is 34.8 Å². The van der Waals surface area contributed by atoms with Crippen molar-refractivity contribution in [1.29, 1.82) is 0 Å². The maximum atomic E-state index is 4.61. The molecule has 0 atom stereocenters. The number of hydrogen-bond acceptors (Lipinski definition) is 5. The molecule has 5 nitrogen and oxygen atoms in total. The Hall–Kier alpha value is -2.17. The van der Waals surface area contributed by atoms with Gasteiger partial charge in [0.2, 0.25) is 5.95 Å². The van der Waals surface area contributed by atoms with Gasteiger partial charge in [-0.15, -0.1) is 5.10 Å². The highest BCUT2D eigenvalue weighted by Gasteiger charge is 2.12. The van der Waals surface area contributed by atoms with E-state index in [9.17, 15) is 0 Å². The lowest BCUT2D eigenvalue weighted by atomic mass is 10.1. The summed E-state index contributed by atoms with van der Waals surface area (Å²) in [6, 6.07) is 10.4. The Morgan fingerprint density at radius 2 is 1.77 bits per heavy atom. The van der Waals surface area contributed by atoms with Crippen molar-refractivity contribution in [2.75, 3.05) is 29.9 Å². The zero-order valence-electron chi connectivity index (χ0n) is 12.9. The van der Waals surface area contributed by atoms with Crippen molar-refractivity contribution in [2.45, 2.75) is 32.1 Å². The van der Waals surface area contributed by atoms with E-state index >= 15 is 0 Å². The summed E-state index contributed by atoms with van der Waals surface area (Å²) in [5.74, 6) is 1.57. The van der Waals surface area contributed by atoms with Gasteiger partial charge in [-0.1, -0.05) is 43.2 Å². The molecular weight excluding hydrogens is 274 g/mol. The molecular formula is C17H23N5. The van der Waals surface area contributed by atoms with E-state index in [1.54, 1.807) is 6.20 Å². The number of nitrogens with zero attached hydrogens (tertiary/aromatic N) is 4. The van der Waals surface area contributed by atoms with Crippen LogP contribution in [0.5, 0.6) is 0 Å². The SMILES string of the molecule is c1ccc(CCNc2nncc(N3CCCCCC3)n2)cc1. The van der Waals surface area contributed by atoms with E-state index in [0.29, 0.717) is 5.95 Å². The molecule has 1 aliphatic rings. The number of nitrogens with one attached hydrogen (secondary N) is 1. The molecule has 116 valence electrons. The summed E-state index contributed by atoms with van der Waals surface area (Å²) in [7, 11) is 0. The molecule has 0 radical (unpaired) electrons. The smallest absolute Gasteiger partial charge is 0.244 e. The van der Waals surface area contributed by atoms with Crippen LogP contribution >= 0.6 is 0 Å². The second-order valence-electron chi connectivity index (χ2n) is 5.70. The molecule has 1 fully saturated rings. The second-order valence-corrected chi connectivity index (χ2v) is 5.70. The van der Waals surface area contributed by atoms with Crippen LogP contribution in [-0.2, 0) is 6.42 Å². The van der Waals surface area contributed by atoms with Gasteiger partial charge < -0.3 is 10.2 Å². The van der Waals surface area contributed by atoms with Gasteiger partial charge in [-0.05, 0) is 24.8 Å². The molecule has 0 spiro atoms. The minimum absolute atomic E-state index is 0.623. The molecule has 2 aromatic rings. The number of aromatic nitrogens is 3. The highest BCUT2D eigenvalue weighted by Crippen LogP contribution is 2.17. The minimum atomic E-state index is 0.623. The highest BCUT2D eigenvalue weighted by molar-refractivity contribution is 5.40. The zero-order chi connectivity index (χ0) is 15.0. The fourth-order valence-corrected chi connectivity index (χ4v) is 2.79. The molecule has 1 aliphatic heterocycles. The van der Waals surface area contributed by atoms with Crippen molar-refractivity contribution in [3.63, 3.8) is 0 Å². The first-order valence-electron chi connectivity index (χ1n) is 8.14. The first-order chi connectivity index (χ1) is 10.9. The Morgan fingerprint density at radius 1 is 1.00 bits per heavy atom. The number of anilines is 2.